The molecule has 0 bridgehead atoms. The van der Waals surface area contributed by atoms with Crippen molar-refractivity contribution >= 4 is 25.7 Å². The molecule has 0 saturated heterocycles. The Kier molecular flexibility index (Phi) is 5.72. The molecule has 1 aromatic heterocycles. The first kappa shape index (κ1) is 20.7. The van der Waals surface area contributed by atoms with Gasteiger partial charge in [0.05, 0.1) is 15.3 Å². The maximum Gasteiger partial charge on any atom is 0.181 e. The minimum atomic E-state index is -2.68. The molecule has 1 heterocycles. The highest BCUT2D eigenvalue weighted by Crippen LogP contribution is 2.30. The number of tetrazole rings is 1. The van der Waals surface area contributed by atoms with Gasteiger partial charge in [-0.05, 0) is 68.0 Å². The van der Waals surface area contributed by atoms with Crippen molar-refractivity contribution in [2.45, 2.75) is 44.2 Å². The minimum Gasteiger partial charge on any atom is -0.245 e. The van der Waals surface area contributed by atoms with Crippen molar-refractivity contribution in [1.29, 1.82) is 0 Å². The highest BCUT2D eigenvalue weighted by molar-refractivity contribution is 9.10. The van der Waals surface area contributed by atoms with Crippen molar-refractivity contribution in [2.24, 2.45) is 4.36 Å². The number of halogens is 1. The zero-order valence-corrected chi connectivity index (χ0v) is 19.0. The Hall–Kier alpha value is -2.06. The Morgan fingerprint density at radius 1 is 1.07 bits per heavy atom. The van der Waals surface area contributed by atoms with Crippen LogP contribution in [0.5, 0.6) is 0 Å². The van der Waals surface area contributed by atoms with E-state index in [1.807, 2.05) is 76.2 Å². The SMILES string of the molecule is Cc1ccc(C(N=S(C)(=O)c2ccc(Br)cc2)c2nnnn2C(C)(C)C)cc1. The summed E-state index contributed by atoms with van der Waals surface area (Å²) in [6.07, 6.45) is 1.66. The molecule has 28 heavy (non-hydrogen) atoms. The average Bonchev–Trinajstić information content (AvgIpc) is 3.11. The molecule has 0 fully saturated rings. The smallest absolute Gasteiger partial charge is 0.181 e. The second-order valence-corrected chi connectivity index (χ2v) is 11.0. The summed E-state index contributed by atoms with van der Waals surface area (Å²) in [6, 6.07) is 14.9. The Labute approximate surface area is 174 Å². The van der Waals surface area contributed by atoms with Crippen molar-refractivity contribution in [1.82, 2.24) is 20.2 Å². The number of hydrogen-bond donors (Lipinski definition) is 0. The van der Waals surface area contributed by atoms with E-state index < -0.39 is 15.8 Å². The van der Waals surface area contributed by atoms with Crippen molar-refractivity contribution in [3.05, 3.63) is 70.0 Å². The van der Waals surface area contributed by atoms with Crippen LogP contribution in [0, 0.1) is 6.92 Å². The van der Waals surface area contributed by atoms with Gasteiger partial charge in [0.15, 0.2) is 5.82 Å². The summed E-state index contributed by atoms with van der Waals surface area (Å²) in [5, 5.41) is 12.3. The lowest BCUT2D eigenvalue weighted by Gasteiger charge is -2.23. The molecule has 3 aromatic rings. The third-order valence-electron chi connectivity index (χ3n) is 4.32. The predicted molar refractivity (Wildman–Crippen MR) is 115 cm³/mol. The molecule has 0 N–H and O–H groups in total. The van der Waals surface area contributed by atoms with E-state index in [2.05, 4.69) is 31.5 Å². The van der Waals surface area contributed by atoms with Gasteiger partial charge < -0.3 is 0 Å². The van der Waals surface area contributed by atoms with E-state index in [1.165, 1.54) is 0 Å². The fraction of sp³-hybridized carbons (Fsp3) is 0.350. The van der Waals surface area contributed by atoms with Gasteiger partial charge in [-0.15, -0.1) is 5.10 Å². The molecule has 2 unspecified atom stereocenters. The molecule has 0 radical (unpaired) electrons. The Balaban J connectivity index is 2.20. The Bertz CT molecular complexity index is 1080. The summed E-state index contributed by atoms with van der Waals surface area (Å²) in [5.41, 5.74) is 1.71. The number of nitrogens with zero attached hydrogens (tertiary/aromatic N) is 5. The topological polar surface area (TPSA) is 73.0 Å². The van der Waals surface area contributed by atoms with Crippen LogP contribution in [0.2, 0.25) is 0 Å². The lowest BCUT2D eigenvalue weighted by molar-refractivity contribution is 0.331. The number of benzene rings is 2. The minimum absolute atomic E-state index is 0.330. The number of rotatable bonds is 4. The summed E-state index contributed by atoms with van der Waals surface area (Å²) < 4.78 is 21.0. The van der Waals surface area contributed by atoms with Crippen LogP contribution in [0.3, 0.4) is 0 Å². The highest BCUT2D eigenvalue weighted by atomic mass is 79.9. The summed E-state index contributed by atoms with van der Waals surface area (Å²) in [6.45, 7) is 8.10. The first-order chi connectivity index (χ1) is 13.1. The summed E-state index contributed by atoms with van der Waals surface area (Å²) in [5.74, 6) is 0.572. The second-order valence-electron chi connectivity index (χ2n) is 7.79. The molecular formula is C20H24BrN5OS. The molecule has 8 heteroatoms. The molecule has 2 atom stereocenters. The summed E-state index contributed by atoms with van der Waals surface area (Å²) >= 11 is 3.42. The van der Waals surface area contributed by atoms with Crippen molar-refractivity contribution in [2.75, 3.05) is 6.26 Å². The Morgan fingerprint density at radius 2 is 1.68 bits per heavy atom. The van der Waals surface area contributed by atoms with Crippen LogP contribution < -0.4 is 0 Å². The fourth-order valence-corrected chi connectivity index (χ4v) is 4.44. The van der Waals surface area contributed by atoms with E-state index in [0.29, 0.717) is 10.7 Å². The zero-order valence-electron chi connectivity index (χ0n) is 16.6. The van der Waals surface area contributed by atoms with Crippen molar-refractivity contribution < 1.29 is 4.21 Å². The van der Waals surface area contributed by atoms with Crippen LogP contribution in [0.15, 0.2) is 62.3 Å². The van der Waals surface area contributed by atoms with E-state index in [0.717, 1.165) is 15.6 Å². The normalized spacial score (nSPS) is 15.1. The quantitative estimate of drug-likeness (QED) is 0.561. The van der Waals surface area contributed by atoms with Crippen LogP contribution in [-0.4, -0.2) is 30.7 Å². The third-order valence-corrected chi connectivity index (χ3v) is 6.61. The standard InChI is InChI=1S/C20H24BrN5OS/c1-14-6-8-15(9-7-14)18(19-22-24-25-26(19)20(2,3)4)23-28(5,27)17-12-10-16(21)11-13-17/h6-13,18H,1-5H3. The molecule has 0 aliphatic rings. The van der Waals surface area contributed by atoms with Crippen LogP contribution in [0.25, 0.3) is 0 Å². The van der Waals surface area contributed by atoms with Gasteiger partial charge in [0.1, 0.15) is 6.04 Å². The van der Waals surface area contributed by atoms with Gasteiger partial charge >= 0.3 is 0 Å². The maximum atomic E-state index is 13.5. The van der Waals surface area contributed by atoms with Gasteiger partial charge in [0, 0.05) is 15.6 Å². The van der Waals surface area contributed by atoms with Crippen LogP contribution in [0.1, 0.15) is 43.8 Å². The largest absolute Gasteiger partial charge is 0.245 e. The van der Waals surface area contributed by atoms with Gasteiger partial charge in [-0.2, -0.15) is 0 Å². The highest BCUT2D eigenvalue weighted by Gasteiger charge is 2.28. The van der Waals surface area contributed by atoms with E-state index in [-0.39, 0.29) is 5.54 Å². The number of aryl methyl sites for hydroxylation is 1. The van der Waals surface area contributed by atoms with E-state index in [4.69, 9.17) is 4.36 Å². The van der Waals surface area contributed by atoms with Crippen molar-refractivity contribution in [3.8, 4) is 0 Å². The Morgan fingerprint density at radius 3 is 2.25 bits per heavy atom. The van der Waals surface area contributed by atoms with Gasteiger partial charge in [0.25, 0.3) is 0 Å². The summed E-state index contributed by atoms with van der Waals surface area (Å²) in [7, 11) is -2.68. The molecular weight excluding hydrogens is 438 g/mol. The lowest BCUT2D eigenvalue weighted by Crippen LogP contribution is -2.27. The molecule has 0 aliphatic heterocycles. The van der Waals surface area contributed by atoms with Crippen LogP contribution in [-0.2, 0) is 15.3 Å². The molecule has 0 spiro atoms. The molecule has 6 nitrogen and oxygen atoms in total. The second kappa shape index (κ2) is 7.75. The van der Waals surface area contributed by atoms with Gasteiger partial charge in [-0.25, -0.2) is 13.3 Å². The van der Waals surface area contributed by atoms with E-state index in [1.54, 1.807) is 10.9 Å². The number of hydrogen-bond acceptors (Lipinski definition) is 5. The van der Waals surface area contributed by atoms with Crippen LogP contribution >= 0.6 is 15.9 Å². The molecule has 0 saturated carbocycles. The molecule has 0 aliphatic carbocycles. The van der Waals surface area contributed by atoms with Crippen molar-refractivity contribution in [3.63, 3.8) is 0 Å². The van der Waals surface area contributed by atoms with E-state index in [9.17, 15) is 4.21 Å². The molecule has 0 amide bonds. The lowest BCUT2D eigenvalue weighted by atomic mass is 10.0. The first-order valence-corrected chi connectivity index (χ1v) is 11.6. The zero-order chi connectivity index (χ0) is 20.5. The summed E-state index contributed by atoms with van der Waals surface area (Å²) in [4.78, 5) is 0.669. The first-order valence-electron chi connectivity index (χ1n) is 8.90. The molecule has 148 valence electrons. The number of aromatic nitrogens is 4. The maximum absolute atomic E-state index is 13.5. The van der Waals surface area contributed by atoms with Gasteiger partial charge in [0.2, 0.25) is 0 Å². The van der Waals surface area contributed by atoms with E-state index >= 15 is 0 Å². The fourth-order valence-electron chi connectivity index (χ4n) is 2.80. The monoisotopic (exact) mass is 461 g/mol. The molecule has 2 aromatic carbocycles. The molecule has 3 rings (SSSR count). The van der Waals surface area contributed by atoms with Crippen LogP contribution in [0.4, 0.5) is 0 Å². The van der Waals surface area contributed by atoms with Gasteiger partial charge in [-0.1, -0.05) is 45.8 Å². The average molecular weight is 462 g/mol. The van der Waals surface area contributed by atoms with Gasteiger partial charge in [-0.3, -0.25) is 0 Å². The third kappa shape index (κ3) is 4.50. The predicted octanol–water partition coefficient (Wildman–Crippen LogP) is 4.75.